The van der Waals surface area contributed by atoms with Crippen molar-refractivity contribution in [3.63, 3.8) is 0 Å². The van der Waals surface area contributed by atoms with Crippen LogP contribution in [0.15, 0.2) is 35.2 Å². The van der Waals surface area contributed by atoms with Gasteiger partial charge in [0, 0.05) is 30.2 Å². The van der Waals surface area contributed by atoms with E-state index in [0.717, 1.165) is 11.6 Å². The Morgan fingerprint density at radius 2 is 2.07 bits per heavy atom. The van der Waals surface area contributed by atoms with Crippen LogP contribution < -0.4 is 14.2 Å². The van der Waals surface area contributed by atoms with E-state index in [0.29, 0.717) is 30.1 Å². The molecule has 0 fully saturated rings. The lowest BCUT2D eigenvalue weighted by molar-refractivity contribution is -0.385. The number of sulfonamides is 1. The summed E-state index contributed by atoms with van der Waals surface area (Å²) in [4.78, 5) is 10.2. The van der Waals surface area contributed by atoms with Gasteiger partial charge in [-0.3, -0.25) is 14.8 Å². The fourth-order valence-electron chi connectivity index (χ4n) is 2.99. The van der Waals surface area contributed by atoms with E-state index < -0.39 is 14.9 Å². The maximum Gasteiger partial charge on any atom is 0.270 e. The molecule has 9 heteroatoms. The summed E-state index contributed by atoms with van der Waals surface area (Å²) in [6.07, 6.45) is 0.715. The standard InChI is InChI=1S/C18H20N2O6S/c1-4-25-17-8-13-7-12(3)26-16(13)10-15(17)19-27(23,24)18-9-14(20(21)22)6-5-11(18)2/h5-6,8-10,12,19H,4,7H2,1-3H3. The molecule has 3 rings (SSSR count). The minimum Gasteiger partial charge on any atom is -0.492 e. The van der Waals surface area contributed by atoms with Crippen LogP contribution in [0.1, 0.15) is 25.0 Å². The quantitative estimate of drug-likeness (QED) is 0.596. The molecule has 0 bridgehead atoms. The normalized spacial score (nSPS) is 15.7. The third-order valence-electron chi connectivity index (χ3n) is 4.21. The monoisotopic (exact) mass is 392 g/mol. The summed E-state index contributed by atoms with van der Waals surface area (Å²) in [5, 5.41) is 11.0. The molecule has 2 aromatic carbocycles. The fourth-order valence-corrected chi connectivity index (χ4v) is 4.31. The Balaban J connectivity index is 2.03. The van der Waals surface area contributed by atoms with Gasteiger partial charge >= 0.3 is 0 Å². The van der Waals surface area contributed by atoms with Crippen LogP contribution in [0.3, 0.4) is 0 Å². The highest BCUT2D eigenvalue weighted by atomic mass is 32.2. The van der Waals surface area contributed by atoms with Crippen LogP contribution in [0.25, 0.3) is 0 Å². The van der Waals surface area contributed by atoms with Gasteiger partial charge in [0.05, 0.1) is 22.1 Å². The number of nitro groups is 1. The Morgan fingerprint density at radius 1 is 1.33 bits per heavy atom. The fraction of sp³-hybridized carbons (Fsp3) is 0.333. The average Bonchev–Trinajstić information content (AvgIpc) is 2.94. The Kier molecular flexibility index (Phi) is 4.97. The Labute approximate surface area is 157 Å². The van der Waals surface area contributed by atoms with Crippen molar-refractivity contribution in [3.8, 4) is 11.5 Å². The molecule has 1 aliphatic rings. The maximum absolute atomic E-state index is 12.9. The van der Waals surface area contributed by atoms with Gasteiger partial charge in [-0.25, -0.2) is 8.42 Å². The van der Waals surface area contributed by atoms with E-state index in [2.05, 4.69) is 4.72 Å². The van der Waals surface area contributed by atoms with Crippen LogP contribution in [0.5, 0.6) is 11.5 Å². The molecule has 1 heterocycles. The van der Waals surface area contributed by atoms with Crippen molar-refractivity contribution >= 4 is 21.4 Å². The van der Waals surface area contributed by atoms with E-state index in [4.69, 9.17) is 9.47 Å². The van der Waals surface area contributed by atoms with Gasteiger partial charge in [-0.15, -0.1) is 0 Å². The molecule has 0 aromatic heterocycles. The number of aryl methyl sites for hydroxylation is 1. The zero-order chi connectivity index (χ0) is 19.8. The minimum absolute atomic E-state index is 0.000325. The molecular formula is C18H20N2O6S. The average molecular weight is 392 g/mol. The molecule has 0 saturated carbocycles. The summed E-state index contributed by atoms with van der Waals surface area (Å²) >= 11 is 0. The summed E-state index contributed by atoms with van der Waals surface area (Å²) in [5.41, 5.74) is 1.28. The maximum atomic E-state index is 12.9. The number of ether oxygens (including phenoxy) is 2. The third kappa shape index (κ3) is 3.82. The number of hydrogen-bond acceptors (Lipinski definition) is 6. The number of anilines is 1. The second-order valence-corrected chi connectivity index (χ2v) is 7.98. The van der Waals surface area contributed by atoms with Crippen molar-refractivity contribution < 1.29 is 22.8 Å². The molecule has 0 radical (unpaired) electrons. The number of nitrogens with one attached hydrogen (secondary N) is 1. The van der Waals surface area contributed by atoms with Crippen molar-refractivity contribution in [1.29, 1.82) is 0 Å². The van der Waals surface area contributed by atoms with Gasteiger partial charge in [0.15, 0.2) is 0 Å². The first-order valence-corrected chi connectivity index (χ1v) is 9.94. The summed E-state index contributed by atoms with van der Waals surface area (Å²) in [6.45, 7) is 5.67. The van der Waals surface area contributed by atoms with Gasteiger partial charge in [-0.1, -0.05) is 6.07 Å². The number of hydrogen-bond donors (Lipinski definition) is 1. The Morgan fingerprint density at radius 3 is 2.74 bits per heavy atom. The van der Waals surface area contributed by atoms with Gasteiger partial charge in [0.2, 0.25) is 0 Å². The molecular weight excluding hydrogens is 372 g/mol. The number of non-ortho nitro benzene ring substituents is 1. The molecule has 0 saturated heterocycles. The molecule has 0 amide bonds. The summed E-state index contributed by atoms with van der Waals surface area (Å²) < 4.78 is 39.5. The van der Waals surface area contributed by atoms with Crippen LogP contribution in [-0.4, -0.2) is 26.1 Å². The van der Waals surface area contributed by atoms with Gasteiger partial charge in [0.1, 0.15) is 17.6 Å². The van der Waals surface area contributed by atoms with Crippen molar-refractivity contribution in [2.24, 2.45) is 0 Å². The molecule has 1 aliphatic heterocycles. The number of rotatable bonds is 6. The van der Waals surface area contributed by atoms with Crippen LogP contribution in [-0.2, 0) is 16.4 Å². The van der Waals surface area contributed by atoms with Crippen LogP contribution in [0, 0.1) is 17.0 Å². The molecule has 2 aromatic rings. The highest BCUT2D eigenvalue weighted by Gasteiger charge is 2.26. The van der Waals surface area contributed by atoms with Crippen molar-refractivity contribution in [3.05, 3.63) is 51.6 Å². The van der Waals surface area contributed by atoms with Crippen LogP contribution in [0.4, 0.5) is 11.4 Å². The van der Waals surface area contributed by atoms with Crippen LogP contribution in [0.2, 0.25) is 0 Å². The molecule has 0 aliphatic carbocycles. The smallest absolute Gasteiger partial charge is 0.270 e. The Hall–Kier alpha value is -2.81. The summed E-state index contributed by atoms with van der Waals surface area (Å²) in [5.74, 6) is 0.986. The third-order valence-corrected chi connectivity index (χ3v) is 5.72. The first-order chi connectivity index (χ1) is 12.7. The first-order valence-electron chi connectivity index (χ1n) is 8.45. The second kappa shape index (κ2) is 7.07. The number of nitrogens with zero attached hydrogens (tertiary/aromatic N) is 1. The molecule has 1 N–H and O–H groups in total. The van der Waals surface area contributed by atoms with E-state index in [-0.39, 0.29) is 22.4 Å². The lowest BCUT2D eigenvalue weighted by atomic mass is 10.1. The highest BCUT2D eigenvalue weighted by molar-refractivity contribution is 7.92. The molecule has 144 valence electrons. The SMILES string of the molecule is CCOc1cc2c(cc1NS(=O)(=O)c1cc([N+](=O)[O-])ccc1C)OC(C)C2. The number of fused-ring (bicyclic) bond motifs is 1. The van der Waals surface area contributed by atoms with E-state index in [1.54, 1.807) is 26.0 Å². The topological polar surface area (TPSA) is 108 Å². The molecule has 27 heavy (non-hydrogen) atoms. The number of nitro benzene ring substituents is 1. The zero-order valence-electron chi connectivity index (χ0n) is 15.2. The van der Waals surface area contributed by atoms with E-state index >= 15 is 0 Å². The van der Waals surface area contributed by atoms with Crippen LogP contribution >= 0.6 is 0 Å². The van der Waals surface area contributed by atoms with E-state index in [1.807, 2.05) is 6.92 Å². The summed E-state index contributed by atoms with van der Waals surface area (Å²) in [7, 11) is -4.06. The summed E-state index contributed by atoms with van der Waals surface area (Å²) in [6, 6.07) is 7.08. The molecule has 0 spiro atoms. The highest BCUT2D eigenvalue weighted by Crippen LogP contribution is 2.39. The van der Waals surface area contributed by atoms with E-state index in [9.17, 15) is 18.5 Å². The molecule has 1 unspecified atom stereocenters. The van der Waals surface area contributed by atoms with E-state index in [1.165, 1.54) is 12.1 Å². The zero-order valence-corrected chi connectivity index (χ0v) is 16.0. The van der Waals surface area contributed by atoms with Gasteiger partial charge in [0.25, 0.3) is 15.7 Å². The molecule has 8 nitrogen and oxygen atoms in total. The minimum atomic E-state index is -4.06. The van der Waals surface area contributed by atoms with Gasteiger partial charge in [-0.2, -0.15) is 0 Å². The van der Waals surface area contributed by atoms with Crippen molar-refractivity contribution in [2.45, 2.75) is 38.2 Å². The Bertz CT molecular complexity index is 1000. The first kappa shape index (κ1) is 19.0. The van der Waals surface area contributed by atoms with Crippen molar-refractivity contribution in [1.82, 2.24) is 0 Å². The molecule has 1 atom stereocenters. The predicted octanol–water partition coefficient (Wildman–Crippen LogP) is 3.43. The lowest BCUT2D eigenvalue weighted by Crippen LogP contribution is -2.15. The number of benzene rings is 2. The second-order valence-electron chi connectivity index (χ2n) is 6.33. The predicted molar refractivity (Wildman–Crippen MR) is 100 cm³/mol. The van der Waals surface area contributed by atoms with Crippen molar-refractivity contribution in [2.75, 3.05) is 11.3 Å². The van der Waals surface area contributed by atoms with Gasteiger partial charge < -0.3 is 9.47 Å². The lowest BCUT2D eigenvalue weighted by Gasteiger charge is -2.15. The largest absolute Gasteiger partial charge is 0.492 e. The van der Waals surface area contributed by atoms with Gasteiger partial charge in [-0.05, 0) is 32.4 Å².